The Morgan fingerprint density at radius 3 is 2.93 bits per heavy atom. The topological polar surface area (TPSA) is 76.2 Å². The first kappa shape index (κ1) is 12.3. The Morgan fingerprint density at radius 1 is 1.67 bits per heavy atom. The average Bonchev–Trinajstić information content (AvgIpc) is 2.17. The van der Waals surface area contributed by atoms with Crippen molar-refractivity contribution in [3.8, 4) is 0 Å². The van der Waals surface area contributed by atoms with Crippen LogP contribution in [0.5, 0.6) is 0 Å². The zero-order valence-electron chi connectivity index (χ0n) is 8.67. The molecule has 1 aromatic heterocycles. The van der Waals surface area contributed by atoms with Crippen molar-refractivity contribution in [2.45, 2.75) is 19.4 Å². The van der Waals surface area contributed by atoms with Crippen LogP contribution < -0.4 is 5.73 Å². The van der Waals surface area contributed by atoms with Gasteiger partial charge in [0, 0.05) is 18.4 Å². The van der Waals surface area contributed by atoms with Gasteiger partial charge in [0.05, 0.1) is 5.75 Å². The summed E-state index contributed by atoms with van der Waals surface area (Å²) >= 11 is -1.74. The van der Waals surface area contributed by atoms with E-state index in [4.69, 9.17) is 10.3 Å². The van der Waals surface area contributed by atoms with Gasteiger partial charge in [-0.3, -0.25) is 4.98 Å². The minimum absolute atomic E-state index is 0.114. The molecule has 1 heterocycles. The van der Waals surface area contributed by atoms with Gasteiger partial charge in [0.2, 0.25) is 0 Å². The lowest BCUT2D eigenvalue weighted by molar-refractivity contribution is 0.491. The van der Waals surface area contributed by atoms with Gasteiger partial charge in [-0.25, -0.2) is 4.21 Å². The Hall–Kier alpha value is -0.780. The summed E-state index contributed by atoms with van der Waals surface area (Å²) in [5.74, 6) is 0.402. The van der Waals surface area contributed by atoms with Crippen molar-refractivity contribution >= 4 is 11.1 Å². The molecule has 4 nitrogen and oxygen atoms in total. The van der Waals surface area contributed by atoms with Crippen LogP contribution in [0.3, 0.4) is 0 Å². The number of rotatable bonds is 5. The van der Waals surface area contributed by atoms with Crippen LogP contribution in [0.4, 0.5) is 0 Å². The van der Waals surface area contributed by atoms with Crippen molar-refractivity contribution in [1.82, 2.24) is 4.98 Å². The molecule has 0 spiro atoms. The minimum Gasteiger partial charge on any atom is -0.324 e. The minimum atomic E-state index is -1.74. The Kier molecular flexibility index (Phi) is 4.87. The molecule has 0 aliphatic carbocycles. The standard InChI is InChI=1S/C10H16N2O2S/c1-8(7-15(13)14)5-10(11)9-3-2-4-12-6-9/h2-4,6,8,10H,5,7,11H2,1H3,(H,13,14). The zero-order valence-corrected chi connectivity index (χ0v) is 9.48. The third-order valence-electron chi connectivity index (χ3n) is 2.20. The first-order valence-corrected chi connectivity index (χ1v) is 6.10. The monoisotopic (exact) mass is 228 g/mol. The molecule has 1 aromatic rings. The maximum absolute atomic E-state index is 10.6. The van der Waals surface area contributed by atoms with Gasteiger partial charge in [0.15, 0.2) is 11.1 Å². The lowest BCUT2D eigenvalue weighted by atomic mass is 9.99. The van der Waals surface area contributed by atoms with Crippen molar-refractivity contribution < 1.29 is 8.76 Å². The highest BCUT2D eigenvalue weighted by Gasteiger charge is 2.12. The van der Waals surface area contributed by atoms with Crippen molar-refractivity contribution in [2.75, 3.05) is 5.75 Å². The van der Waals surface area contributed by atoms with E-state index >= 15 is 0 Å². The molecule has 5 heteroatoms. The second-order valence-electron chi connectivity index (χ2n) is 3.72. The smallest absolute Gasteiger partial charge is 0.153 e. The second kappa shape index (κ2) is 5.95. The molecular formula is C10H16N2O2S. The third kappa shape index (κ3) is 4.51. The Labute approximate surface area is 92.2 Å². The molecule has 0 saturated carbocycles. The molecule has 3 N–H and O–H groups in total. The summed E-state index contributed by atoms with van der Waals surface area (Å²) in [5.41, 5.74) is 6.92. The van der Waals surface area contributed by atoms with Crippen LogP contribution in [-0.2, 0) is 11.1 Å². The van der Waals surface area contributed by atoms with E-state index < -0.39 is 11.1 Å². The molecule has 84 valence electrons. The molecule has 0 saturated heterocycles. The fourth-order valence-electron chi connectivity index (χ4n) is 1.48. The second-order valence-corrected chi connectivity index (χ2v) is 4.70. The highest BCUT2D eigenvalue weighted by Crippen LogP contribution is 2.18. The molecule has 15 heavy (non-hydrogen) atoms. The first-order valence-electron chi connectivity index (χ1n) is 4.82. The van der Waals surface area contributed by atoms with Crippen molar-refractivity contribution in [1.29, 1.82) is 0 Å². The van der Waals surface area contributed by atoms with Crippen LogP contribution in [0.15, 0.2) is 24.5 Å². The van der Waals surface area contributed by atoms with Gasteiger partial charge < -0.3 is 10.3 Å². The van der Waals surface area contributed by atoms with Crippen LogP contribution >= 0.6 is 0 Å². The lowest BCUT2D eigenvalue weighted by Gasteiger charge is -2.15. The van der Waals surface area contributed by atoms with Gasteiger partial charge in [-0.1, -0.05) is 13.0 Å². The molecule has 3 unspecified atom stereocenters. The van der Waals surface area contributed by atoms with E-state index in [1.807, 2.05) is 19.1 Å². The molecular weight excluding hydrogens is 212 g/mol. The molecule has 0 aromatic carbocycles. The number of aromatic nitrogens is 1. The maximum Gasteiger partial charge on any atom is 0.153 e. The quantitative estimate of drug-likeness (QED) is 0.745. The summed E-state index contributed by atoms with van der Waals surface area (Å²) in [5, 5.41) is 0. The van der Waals surface area contributed by atoms with E-state index in [0.29, 0.717) is 6.42 Å². The molecule has 0 amide bonds. The summed E-state index contributed by atoms with van der Waals surface area (Å²) in [6, 6.07) is 3.64. The lowest BCUT2D eigenvalue weighted by Crippen LogP contribution is -2.17. The van der Waals surface area contributed by atoms with Crippen LogP contribution in [0.25, 0.3) is 0 Å². The summed E-state index contributed by atoms with van der Waals surface area (Å²) < 4.78 is 19.3. The molecule has 1 rings (SSSR count). The molecule has 3 atom stereocenters. The predicted octanol–water partition coefficient (Wildman–Crippen LogP) is 1.33. The predicted molar refractivity (Wildman–Crippen MR) is 60.6 cm³/mol. The van der Waals surface area contributed by atoms with Gasteiger partial charge in [-0.05, 0) is 24.0 Å². The normalized spacial score (nSPS) is 17.0. The summed E-state index contributed by atoms with van der Waals surface area (Å²) in [4.78, 5) is 3.98. The van der Waals surface area contributed by atoms with Crippen LogP contribution in [0.2, 0.25) is 0 Å². The van der Waals surface area contributed by atoms with Gasteiger partial charge >= 0.3 is 0 Å². The number of hydrogen-bond acceptors (Lipinski definition) is 3. The van der Waals surface area contributed by atoms with E-state index in [0.717, 1.165) is 5.56 Å². The van der Waals surface area contributed by atoms with Crippen LogP contribution in [-0.4, -0.2) is 19.5 Å². The fraction of sp³-hybridized carbons (Fsp3) is 0.500. The van der Waals surface area contributed by atoms with E-state index in [9.17, 15) is 4.21 Å². The summed E-state index contributed by atoms with van der Waals surface area (Å²) in [6.45, 7) is 1.92. The average molecular weight is 228 g/mol. The van der Waals surface area contributed by atoms with Gasteiger partial charge in [-0.15, -0.1) is 0 Å². The van der Waals surface area contributed by atoms with E-state index in [1.165, 1.54) is 0 Å². The Balaban J connectivity index is 2.49. The van der Waals surface area contributed by atoms with E-state index in [-0.39, 0.29) is 17.7 Å². The van der Waals surface area contributed by atoms with Crippen molar-refractivity contribution in [2.24, 2.45) is 11.7 Å². The highest BCUT2D eigenvalue weighted by atomic mass is 32.2. The van der Waals surface area contributed by atoms with Gasteiger partial charge in [0.1, 0.15) is 0 Å². The fourth-order valence-corrected chi connectivity index (χ4v) is 2.10. The molecule has 0 radical (unpaired) electrons. The summed E-state index contributed by atoms with van der Waals surface area (Å²) in [7, 11) is 0. The van der Waals surface area contributed by atoms with Crippen LogP contribution in [0.1, 0.15) is 24.9 Å². The van der Waals surface area contributed by atoms with E-state index in [1.54, 1.807) is 12.4 Å². The number of nitrogens with two attached hydrogens (primary N) is 1. The largest absolute Gasteiger partial charge is 0.324 e. The number of hydrogen-bond donors (Lipinski definition) is 2. The first-order chi connectivity index (χ1) is 7.09. The van der Waals surface area contributed by atoms with Crippen molar-refractivity contribution in [3.05, 3.63) is 30.1 Å². The van der Waals surface area contributed by atoms with E-state index in [2.05, 4.69) is 4.98 Å². The SMILES string of the molecule is CC(CC(N)c1cccnc1)CS(=O)O. The zero-order chi connectivity index (χ0) is 11.3. The Bertz CT molecular complexity index is 318. The summed E-state index contributed by atoms with van der Waals surface area (Å²) in [6.07, 6.45) is 4.12. The number of pyridine rings is 1. The van der Waals surface area contributed by atoms with Crippen LogP contribution in [0, 0.1) is 5.92 Å². The van der Waals surface area contributed by atoms with Gasteiger partial charge in [0.25, 0.3) is 0 Å². The molecule has 0 fully saturated rings. The maximum atomic E-state index is 10.6. The molecule has 0 aliphatic rings. The number of nitrogens with zero attached hydrogens (tertiary/aromatic N) is 1. The Morgan fingerprint density at radius 2 is 2.40 bits per heavy atom. The highest BCUT2D eigenvalue weighted by molar-refractivity contribution is 7.79. The molecule has 0 bridgehead atoms. The third-order valence-corrected chi connectivity index (χ3v) is 3.05. The van der Waals surface area contributed by atoms with Crippen molar-refractivity contribution in [3.63, 3.8) is 0 Å². The van der Waals surface area contributed by atoms with Gasteiger partial charge in [-0.2, -0.15) is 0 Å². The molecule has 0 aliphatic heterocycles.